The van der Waals surface area contributed by atoms with E-state index in [1.807, 2.05) is 42.6 Å². The summed E-state index contributed by atoms with van der Waals surface area (Å²) in [4.78, 5) is 10.4. The number of rotatable bonds is 5. The molecule has 0 fully saturated rings. The van der Waals surface area contributed by atoms with E-state index < -0.39 is 0 Å². The number of aldehydes is 1. The Morgan fingerprint density at radius 1 is 1.00 bits per heavy atom. The summed E-state index contributed by atoms with van der Waals surface area (Å²) in [5.74, 6) is 0.803. The second-order valence-electron chi connectivity index (χ2n) is 4.63. The van der Waals surface area contributed by atoms with Crippen molar-refractivity contribution < 1.29 is 9.53 Å². The Balaban J connectivity index is 1.71. The Labute approximate surface area is 117 Å². The van der Waals surface area contributed by atoms with E-state index in [-0.39, 0.29) is 0 Å². The van der Waals surface area contributed by atoms with Gasteiger partial charge in [0.15, 0.2) is 6.73 Å². The number of ether oxygens (including phenoxy) is 1. The topological polar surface area (TPSA) is 31.2 Å². The lowest BCUT2D eigenvalue weighted by Crippen LogP contribution is -2.03. The lowest BCUT2D eigenvalue weighted by Gasteiger charge is -2.09. The van der Waals surface area contributed by atoms with Gasteiger partial charge in [-0.3, -0.25) is 0 Å². The molecule has 0 saturated carbocycles. The molecule has 0 atom stereocenters. The molecule has 3 heteroatoms. The molecule has 0 N–H and O–H groups in total. The Hall–Kier alpha value is -2.55. The Bertz CT molecular complexity index is 713. The molecule has 3 nitrogen and oxygen atoms in total. The van der Waals surface area contributed by atoms with E-state index in [4.69, 9.17) is 4.74 Å². The minimum absolute atomic E-state index is 0.447. The summed E-state index contributed by atoms with van der Waals surface area (Å²) < 4.78 is 7.83. The number of fused-ring (bicyclic) bond motifs is 1. The summed E-state index contributed by atoms with van der Waals surface area (Å²) in [5, 5.41) is 1.21. The van der Waals surface area contributed by atoms with Crippen LogP contribution in [0.3, 0.4) is 0 Å². The van der Waals surface area contributed by atoms with Crippen LogP contribution in [0.5, 0.6) is 5.75 Å². The van der Waals surface area contributed by atoms with Gasteiger partial charge in [0.25, 0.3) is 0 Å². The first-order valence-electron chi connectivity index (χ1n) is 6.56. The van der Waals surface area contributed by atoms with Crippen LogP contribution in [0.25, 0.3) is 10.9 Å². The number of benzene rings is 2. The van der Waals surface area contributed by atoms with Crippen molar-refractivity contribution in [3.8, 4) is 5.75 Å². The minimum Gasteiger partial charge on any atom is -0.473 e. The summed E-state index contributed by atoms with van der Waals surface area (Å²) in [5.41, 5.74) is 2.16. The van der Waals surface area contributed by atoms with Crippen molar-refractivity contribution in [2.24, 2.45) is 0 Å². The van der Waals surface area contributed by atoms with E-state index in [2.05, 4.69) is 22.8 Å². The average Bonchev–Trinajstić information content (AvgIpc) is 2.90. The molecule has 3 aromatic rings. The molecule has 1 aromatic heterocycles. The number of para-hydroxylation sites is 1. The van der Waals surface area contributed by atoms with Crippen LogP contribution >= 0.6 is 0 Å². The molecule has 20 heavy (non-hydrogen) atoms. The summed E-state index contributed by atoms with van der Waals surface area (Å²) in [6.07, 6.45) is 3.37. The molecule has 0 saturated heterocycles. The fraction of sp³-hybridized carbons (Fsp3) is 0.118. The molecular weight excluding hydrogens is 250 g/mol. The van der Waals surface area contributed by atoms with E-state index in [9.17, 15) is 4.79 Å². The van der Waals surface area contributed by atoms with Crippen LogP contribution in [0.4, 0.5) is 0 Å². The number of carbonyl (C=O) groups is 1. The summed E-state index contributed by atoms with van der Waals surface area (Å²) >= 11 is 0. The second-order valence-corrected chi connectivity index (χ2v) is 4.63. The highest BCUT2D eigenvalue weighted by Gasteiger charge is 2.00. The van der Waals surface area contributed by atoms with Gasteiger partial charge >= 0.3 is 0 Å². The van der Waals surface area contributed by atoms with Gasteiger partial charge in [-0.2, -0.15) is 0 Å². The number of hydrogen-bond donors (Lipinski definition) is 0. The van der Waals surface area contributed by atoms with Crippen molar-refractivity contribution in [2.75, 3.05) is 0 Å². The molecule has 100 valence electrons. The fourth-order valence-corrected chi connectivity index (χ4v) is 2.22. The van der Waals surface area contributed by atoms with Gasteiger partial charge in [0.05, 0.1) is 5.52 Å². The van der Waals surface area contributed by atoms with Crippen LogP contribution in [-0.4, -0.2) is 10.9 Å². The van der Waals surface area contributed by atoms with Gasteiger partial charge in [0.2, 0.25) is 0 Å². The zero-order valence-electron chi connectivity index (χ0n) is 11.0. The van der Waals surface area contributed by atoms with Crippen molar-refractivity contribution in [1.29, 1.82) is 0 Å². The largest absolute Gasteiger partial charge is 0.473 e. The molecule has 0 amide bonds. The number of carbonyl (C=O) groups excluding carboxylic acids is 1. The summed E-state index contributed by atoms with van der Waals surface area (Å²) in [7, 11) is 0. The summed E-state index contributed by atoms with van der Waals surface area (Å²) in [6.45, 7) is 0.473. The van der Waals surface area contributed by atoms with Crippen LogP contribution < -0.4 is 4.74 Å². The molecule has 0 unspecified atom stereocenters. The number of nitrogens with zero attached hydrogens (tertiary/aromatic N) is 1. The Kier molecular flexibility index (Phi) is 3.50. The molecule has 2 aromatic carbocycles. The second kappa shape index (κ2) is 5.61. The van der Waals surface area contributed by atoms with Crippen molar-refractivity contribution in [1.82, 2.24) is 4.57 Å². The molecule has 0 aliphatic rings. The van der Waals surface area contributed by atoms with Crippen LogP contribution in [0, 0.1) is 0 Å². The SMILES string of the molecule is O=CCc1ccc(OCn2ccc3ccccc32)cc1. The first-order valence-corrected chi connectivity index (χ1v) is 6.56. The van der Waals surface area contributed by atoms with Gasteiger partial charge in [0.1, 0.15) is 12.0 Å². The monoisotopic (exact) mass is 265 g/mol. The maximum absolute atomic E-state index is 10.4. The van der Waals surface area contributed by atoms with E-state index in [1.54, 1.807) is 0 Å². The van der Waals surface area contributed by atoms with E-state index in [0.29, 0.717) is 13.2 Å². The van der Waals surface area contributed by atoms with Crippen molar-refractivity contribution >= 4 is 17.2 Å². The lowest BCUT2D eigenvalue weighted by molar-refractivity contribution is -0.107. The predicted molar refractivity (Wildman–Crippen MR) is 78.8 cm³/mol. The molecule has 3 rings (SSSR count). The maximum Gasteiger partial charge on any atom is 0.165 e. The molecule has 0 bridgehead atoms. The van der Waals surface area contributed by atoms with Crippen molar-refractivity contribution in [3.05, 3.63) is 66.4 Å². The third-order valence-corrected chi connectivity index (χ3v) is 3.29. The van der Waals surface area contributed by atoms with Gasteiger partial charge in [-0.25, -0.2) is 0 Å². The smallest absolute Gasteiger partial charge is 0.165 e. The fourth-order valence-electron chi connectivity index (χ4n) is 2.22. The third-order valence-electron chi connectivity index (χ3n) is 3.29. The van der Waals surface area contributed by atoms with Crippen molar-refractivity contribution in [3.63, 3.8) is 0 Å². The molecule has 0 aliphatic heterocycles. The molecule has 0 aliphatic carbocycles. The summed E-state index contributed by atoms with van der Waals surface area (Å²) in [6, 6.07) is 17.9. The normalized spacial score (nSPS) is 10.6. The van der Waals surface area contributed by atoms with Gasteiger partial charge < -0.3 is 14.1 Å². The average molecular weight is 265 g/mol. The molecule has 0 spiro atoms. The van der Waals surface area contributed by atoms with Gasteiger partial charge in [-0.1, -0.05) is 30.3 Å². The van der Waals surface area contributed by atoms with E-state index in [1.165, 1.54) is 5.39 Å². The maximum atomic E-state index is 10.4. The molecular formula is C17H15NO2. The highest BCUT2D eigenvalue weighted by molar-refractivity contribution is 5.79. The van der Waals surface area contributed by atoms with Crippen LogP contribution in [0.1, 0.15) is 5.56 Å². The number of aromatic nitrogens is 1. The molecule has 1 heterocycles. The van der Waals surface area contributed by atoms with Gasteiger partial charge in [-0.15, -0.1) is 0 Å². The van der Waals surface area contributed by atoms with E-state index >= 15 is 0 Å². The zero-order chi connectivity index (χ0) is 13.8. The van der Waals surface area contributed by atoms with Gasteiger partial charge in [-0.05, 0) is 35.2 Å². The van der Waals surface area contributed by atoms with E-state index in [0.717, 1.165) is 23.1 Å². The predicted octanol–water partition coefficient (Wildman–Crippen LogP) is 3.42. The van der Waals surface area contributed by atoms with Gasteiger partial charge in [0, 0.05) is 12.6 Å². The van der Waals surface area contributed by atoms with Crippen LogP contribution in [0.2, 0.25) is 0 Å². The number of hydrogen-bond acceptors (Lipinski definition) is 2. The first-order chi connectivity index (χ1) is 9.86. The molecule has 0 radical (unpaired) electrons. The standard InChI is InChI=1S/C17H15NO2/c19-12-10-14-5-7-16(8-6-14)20-13-18-11-9-15-3-1-2-4-17(15)18/h1-9,11-12H,10,13H2. The Morgan fingerprint density at radius 3 is 2.60 bits per heavy atom. The highest BCUT2D eigenvalue weighted by Crippen LogP contribution is 2.17. The van der Waals surface area contributed by atoms with Crippen molar-refractivity contribution in [2.45, 2.75) is 13.2 Å². The zero-order valence-corrected chi connectivity index (χ0v) is 11.0. The van der Waals surface area contributed by atoms with Crippen LogP contribution in [0.15, 0.2) is 60.8 Å². The quantitative estimate of drug-likeness (QED) is 0.662. The third kappa shape index (κ3) is 2.57. The Morgan fingerprint density at radius 2 is 1.80 bits per heavy atom. The lowest BCUT2D eigenvalue weighted by atomic mass is 10.2. The van der Waals surface area contributed by atoms with Crippen LogP contribution in [-0.2, 0) is 17.9 Å². The highest BCUT2D eigenvalue weighted by atomic mass is 16.5. The first kappa shape index (κ1) is 12.5. The minimum atomic E-state index is 0.447.